The van der Waals surface area contributed by atoms with E-state index in [1.807, 2.05) is 37.2 Å². The fourth-order valence-corrected chi connectivity index (χ4v) is 3.65. The highest BCUT2D eigenvalue weighted by Crippen LogP contribution is 2.27. The molecular formula is C27H33N5O. The zero-order valence-corrected chi connectivity index (χ0v) is 19.6. The van der Waals surface area contributed by atoms with Crippen LogP contribution < -0.4 is 15.1 Å². The van der Waals surface area contributed by atoms with E-state index in [1.54, 1.807) is 0 Å². The number of carbonyl (C=O) groups is 1. The summed E-state index contributed by atoms with van der Waals surface area (Å²) in [5, 5.41) is 3.04. The molecular weight excluding hydrogens is 410 g/mol. The van der Waals surface area contributed by atoms with Gasteiger partial charge in [0.1, 0.15) is 11.5 Å². The van der Waals surface area contributed by atoms with E-state index in [-0.39, 0.29) is 5.91 Å². The first-order chi connectivity index (χ1) is 16.1. The molecule has 4 rings (SSSR count). The zero-order chi connectivity index (χ0) is 23.0. The summed E-state index contributed by atoms with van der Waals surface area (Å²) in [5.74, 6) is 1.84. The van der Waals surface area contributed by atoms with E-state index < -0.39 is 0 Å². The van der Waals surface area contributed by atoms with Crippen LogP contribution >= 0.6 is 0 Å². The maximum Gasteiger partial charge on any atom is 0.270 e. The predicted octanol–water partition coefficient (Wildman–Crippen LogP) is 3.97. The molecule has 1 fully saturated rings. The van der Waals surface area contributed by atoms with Crippen LogP contribution in [0.15, 0.2) is 66.7 Å². The van der Waals surface area contributed by atoms with Crippen molar-refractivity contribution in [2.24, 2.45) is 5.92 Å². The van der Waals surface area contributed by atoms with Gasteiger partial charge in [-0.2, -0.15) is 4.98 Å². The van der Waals surface area contributed by atoms with Crippen molar-refractivity contribution >= 4 is 17.7 Å². The molecule has 6 heteroatoms. The Kier molecular flexibility index (Phi) is 7.55. The Morgan fingerprint density at radius 2 is 1.45 bits per heavy atom. The first kappa shape index (κ1) is 22.8. The molecule has 1 saturated carbocycles. The van der Waals surface area contributed by atoms with Gasteiger partial charge in [0.2, 0.25) is 5.95 Å². The third-order valence-electron chi connectivity index (χ3n) is 6.07. The van der Waals surface area contributed by atoms with Crippen LogP contribution in [0, 0.1) is 5.92 Å². The Hall–Kier alpha value is -3.41. The molecule has 0 radical (unpaired) electrons. The van der Waals surface area contributed by atoms with E-state index in [1.165, 1.54) is 24.0 Å². The van der Waals surface area contributed by atoms with Crippen LogP contribution in [0.25, 0.3) is 0 Å². The molecule has 1 N–H and O–H groups in total. The molecule has 1 aromatic heterocycles. The minimum atomic E-state index is -0.125. The topological polar surface area (TPSA) is 61.4 Å². The Labute approximate surface area is 196 Å². The summed E-state index contributed by atoms with van der Waals surface area (Å²) in [6, 6.07) is 22.6. The smallest absolute Gasteiger partial charge is 0.270 e. The Bertz CT molecular complexity index is 969. The fourth-order valence-electron chi connectivity index (χ4n) is 3.65. The van der Waals surface area contributed by atoms with Crippen molar-refractivity contribution in [3.8, 4) is 0 Å². The molecule has 0 unspecified atom stereocenters. The van der Waals surface area contributed by atoms with E-state index in [9.17, 15) is 4.79 Å². The summed E-state index contributed by atoms with van der Waals surface area (Å²) >= 11 is 0. The molecule has 33 heavy (non-hydrogen) atoms. The molecule has 1 aliphatic rings. The maximum absolute atomic E-state index is 12.8. The lowest BCUT2D eigenvalue weighted by Crippen LogP contribution is -2.30. The number of hydrogen-bond acceptors (Lipinski definition) is 5. The van der Waals surface area contributed by atoms with Gasteiger partial charge in [0.25, 0.3) is 5.91 Å². The van der Waals surface area contributed by atoms with Gasteiger partial charge in [-0.1, -0.05) is 60.7 Å². The second-order valence-corrected chi connectivity index (χ2v) is 8.88. The Balaban J connectivity index is 1.49. The lowest BCUT2D eigenvalue weighted by atomic mass is 10.1. The van der Waals surface area contributed by atoms with Crippen molar-refractivity contribution < 1.29 is 4.79 Å². The number of likely N-dealkylation sites (N-methyl/N-ethyl adjacent to an activating group) is 2. The zero-order valence-electron chi connectivity index (χ0n) is 19.6. The molecule has 0 spiro atoms. The molecule has 0 aliphatic heterocycles. The monoisotopic (exact) mass is 443 g/mol. The minimum absolute atomic E-state index is 0.125. The number of nitrogens with zero attached hydrogens (tertiary/aromatic N) is 4. The minimum Gasteiger partial charge on any atom is -0.359 e. The number of benzene rings is 2. The highest BCUT2D eigenvalue weighted by molar-refractivity contribution is 5.93. The van der Waals surface area contributed by atoms with Crippen LogP contribution in [0.2, 0.25) is 0 Å². The number of amides is 1. The quantitative estimate of drug-likeness (QED) is 0.486. The van der Waals surface area contributed by atoms with E-state index in [0.29, 0.717) is 17.6 Å². The number of anilines is 2. The van der Waals surface area contributed by atoms with Gasteiger partial charge in [0.05, 0.1) is 0 Å². The maximum atomic E-state index is 12.8. The third-order valence-corrected chi connectivity index (χ3v) is 6.07. The summed E-state index contributed by atoms with van der Waals surface area (Å²) in [6.07, 6.45) is 4.19. The predicted molar refractivity (Wildman–Crippen MR) is 134 cm³/mol. The van der Waals surface area contributed by atoms with Crippen molar-refractivity contribution in [3.63, 3.8) is 0 Å². The Morgan fingerprint density at radius 1 is 0.879 bits per heavy atom. The average molecular weight is 444 g/mol. The molecule has 172 valence electrons. The summed E-state index contributed by atoms with van der Waals surface area (Å²) in [5.41, 5.74) is 2.97. The first-order valence-electron chi connectivity index (χ1n) is 11.8. The molecule has 6 nitrogen and oxygen atoms in total. The van der Waals surface area contributed by atoms with Gasteiger partial charge in [0, 0.05) is 39.8 Å². The van der Waals surface area contributed by atoms with Crippen LogP contribution in [0.1, 0.15) is 34.5 Å². The normalized spacial score (nSPS) is 12.9. The molecule has 0 saturated heterocycles. The Morgan fingerprint density at radius 3 is 2.03 bits per heavy atom. The lowest BCUT2D eigenvalue weighted by molar-refractivity contribution is 0.0946. The SMILES string of the molecule is CN(CCc1ccccc1)c1cc(C(=O)NCC2CC2)nc(N(C)CCc2ccccc2)n1. The number of rotatable bonds is 11. The van der Waals surface area contributed by atoms with Crippen LogP contribution in [0.5, 0.6) is 0 Å². The van der Waals surface area contributed by atoms with Crippen LogP contribution in [0.3, 0.4) is 0 Å². The van der Waals surface area contributed by atoms with Crippen LogP contribution in [-0.2, 0) is 12.8 Å². The van der Waals surface area contributed by atoms with E-state index in [4.69, 9.17) is 4.98 Å². The standard InChI is InChI=1S/C27H33N5O/c1-31(17-15-21-9-5-3-6-10-21)25-19-24(26(33)28-20-23-13-14-23)29-27(30-25)32(2)18-16-22-11-7-4-8-12-22/h3-12,19,23H,13-18,20H2,1-2H3,(H,28,33). The molecule has 0 bridgehead atoms. The number of aromatic nitrogens is 2. The van der Waals surface area contributed by atoms with Gasteiger partial charge in [-0.15, -0.1) is 0 Å². The van der Waals surface area contributed by atoms with Gasteiger partial charge in [-0.25, -0.2) is 4.98 Å². The van der Waals surface area contributed by atoms with Crippen LogP contribution in [0.4, 0.5) is 11.8 Å². The van der Waals surface area contributed by atoms with Crippen molar-refractivity contribution in [1.82, 2.24) is 15.3 Å². The van der Waals surface area contributed by atoms with Gasteiger partial charge >= 0.3 is 0 Å². The first-order valence-corrected chi connectivity index (χ1v) is 11.8. The van der Waals surface area contributed by atoms with Crippen molar-refractivity contribution in [1.29, 1.82) is 0 Å². The third kappa shape index (κ3) is 6.78. The molecule has 1 amide bonds. The van der Waals surface area contributed by atoms with Gasteiger partial charge in [0.15, 0.2) is 0 Å². The second-order valence-electron chi connectivity index (χ2n) is 8.88. The molecule has 1 aliphatic carbocycles. The van der Waals surface area contributed by atoms with Crippen LogP contribution in [-0.4, -0.2) is 49.6 Å². The summed E-state index contributed by atoms with van der Waals surface area (Å²) in [7, 11) is 4.00. The largest absolute Gasteiger partial charge is 0.359 e. The lowest BCUT2D eigenvalue weighted by Gasteiger charge is -2.23. The summed E-state index contributed by atoms with van der Waals surface area (Å²) < 4.78 is 0. The van der Waals surface area contributed by atoms with Crippen molar-refractivity contribution in [3.05, 3.63) is 83.6 Å². The second kappa shape index (κ2) is 10.9. The van der Waals surface area contributed by atoms with Gasteiger partial charge in [-0.3, -0.25) is 4.79 Å². The van der Waals surface area contributed by atoms with E-state index in [2.05, 4.69) is 63.7 Å². The molecule has 3 aromatic rings. The van der Waals surface area contributed by atoms with Gasteiger partial charge < -0.3 is 15.1 Å². The molecule has 0 atom stereocenters. The molecule has 2 aromatic carbocycles. The number of carbonyl (C=O) groups excluding carboxylic acids is 1. The highest BCUT2D eigenvalue weighted by atomic mass is 16.1. The van der Waals surface area contributed by atoms with Gasteiger partial charge in [-0.05, 0) is 42.7 Å². The van der Waals surface area contributed by atoms with E-state index >= 15 is 0 Å². The van der Waals surface area contributed by atoms with Crippen molar-refractivity contribution in [2.75, 3.05) is 43.5 Å². The fraction of sp³-hybridized carbons (Fsp3) is 0.370. The number of hydrogen-bond donors (Lipinski definition) is 1. The summed E-state index contributed by atoms with van der Waals surface area (Å²) in [6.45, 7) is 2.29. The highest BCUT2D eigenvalue weighted by Gasteiger charge is 2.23. The van der Waals surface area contributed by atoms with Crippen molar-refractivity contribution in [2.45, 2.75) is 25.7 Å². The molecule has 1 heterocycles. The van der Waals surface area contributed by atoms with E-state index in [0.717, 1.165) is 38.3 Å². The average Bonchev–Trinajstić information content (AvgIpc) is 3.70. The summed E-state index contributed by atoms with van der Waals surface area (Å²) in [4.78, 5) is 26.4. The number of nitrogens with one attached hydrogen (secondary N) is 1.